The molecule has 0 saturated carbocycles. The molecule has 1 saturated heterocycles. The molecular formula is C18H21N3O2. The van der Waals surface area contributed by atoms with Crippen LogP contribution in [0.5, 0.6) is 11.6 Å². The fraction of sp³-hybridized carbons (Fsp3) is 0.389. The van der Waals surface area contributed by atoms with Gasteiger partial charge >= 0.3 is 0 Å². The van der Waals surface area contributed by atoms with Gasteiger partial charge in [0.15, 0.2) is 0 Å². The Balaban J connectivity index is 1.77. The molecule has 1 aromatic carbocycles. The minimum absolute atomic E-state index is 0.138. The molecule has 5 nitrogen and oxygen atoms in total. The number of amides is 1. The lowest BCUT2D eigenvalue weighted by molar-refractivity contribution is -0.129. The summed E-state index contributed by atoms with van der Waals surface area (Å²) in [5.74, 6) is 1.75. The standard InChI is InChI=1S/C18H21N3O2/c1-13-4-3-5-16(12-13)23-18-17(19-8-9-20-18)15-6-10-21(11-7-15)14(2)22/h3-5,8-9,12,15H,6-7,10-11H2,1-2H3. The van der Waals surface area contributed by atoms with Gasteiger partial charge in [0.1, 0.15) is 11.4 Å². The first kappa shape index (κ1) is 15.5. The third-order valence-electron chi connectivity index (χ3n) is 4.22. The Labute approximate surface area is 136 Å². The third kappa shape index (κ3) is 3.67. The van der Waals surface area contributed by atoms with Crippen molar-refractivity contribution in [2.75, 3.05) is 13.1 Å². The van der Waals surface area contributed by atoms with Gasteiger partial charge in [0.2, 0.25) is 11.8 Å². The lowest BCUT2D eigenvalue weighted by Crippen LogP contribution is -2.36. The fourth-order valence-corrected chi connectivity index (χ4v) is 2.95. The predicted molar refractivity (Wildman–Crippen MR) is 87.5 cm³/mol. The van der Waals surface area contributed by atoms with Crippen molar-refractivity contribution < 1.29 is 9.53 Å². The summed E-state index contributed by atoms with van der Waals surface area (Å²) in [5, 5.41) is 0. The van der Waals surface area contributed by atoms with Crippen LogP contribution in [0.4, 0.5) is 0 Å². The molecule has 1 aliphatic rings. The molecule has 0 unspecified atom stereocenters. The van der Waals surface area contributed by atoms with E-state index < -0.39 is 0 Å². The van der Waals surface area contributed by atoms with Crippen molar-refractivity contribution in [3.63, 3.8) is 0 Å². The van der Waals surface area contributed by atoms with E-state index in [4.69, 9.17) is 4.74 Å². The number of carbonyl (C=O) groups excluding carboxylic acids is 1. The van der Waals surface area contributed by atoms with Gasteiger partial charge in [0.25, 0.3) is 0 Å². The first-order chi connectivity index (χ1) is 11.1. The zero-order valence-electron chi connectivity index (χ0n) is 13.5. The van der Waals surface area contributed by atoms with Gasteiger partial charge in [-0.3, -0.25) is 9.78 Å². The lowest BCUT2D eigenvalue weighted by atomic mass is 9.93. The maximum Gasteiger partial charge on any atom is 0.241 e. The van der Waals surface area contributed by atoms with Crippen molar-refractivity contribution in [2.45, 2.75) is 32.6 Å². The second kappa shape index (κ2) is 6.77. The zero-order valence-corrected chi connectivity index (χ0v) is 13.5. The number of aryl methyl sites for hydroxylation is 1. The van der Waals surface area contributed by atoms with Gasteiger partial charge in [-0.25, -0.2) is 4.98 Å². The quantitative estimate of drug-likeness (QED) is 0.872. The van der Waals surface area contributed by atoms with Crippen molar-refractivity contribution in [1.82, 2.24) is 14.9 Å². The smallest absolute Gasteiger partial charge is 0.241 e. The van der Waals surface area contributed by atoms with Crippen LogP contribution in [0.25, 0.3) is 0 Å². The Bertz CT molecular complexity index is 694. The normalized spacial score (nSPS) is 15.5. The van der Waals surface area contributed by atoms with Crippen LogP contribution in [0.2, 0.25) is 0 Å². The number of aromatic nitrogens is 2. The molecule has 5 heteroatoms. The first-order valence-corrected chi connectivity index (χ1v) is 7.94. The predicted octanol–water partition coefficient (Wildman–Crippen LogP) is 3.30. The van der Waals surface area contributed by atoms with Gasteiger partial charge in [-0.2, -0.15) is 0 Å². The fourth-order valence-electron chi connectivity index (χ4n) is 2.95. The lowest BCUT2D eigenvalue weighted by Gasteiger charge is -2.31. The minimum atomic E-state index is 0.138. The van der Waals surface area contributed by atoms with Crippen molar-refractivity contribution in [2.24, 2.45) is 0 Å². The van der Waals surface area contributed by atoms with Crippen LogP contribution in [0.15, 0.2) is 36.7 Å². The van der Waals surface area contributed by atoms with E-state index in [1.165, 1.54) is 0 Å². The summed E-state index contributed by atoms with van der Waals surface area (Å²) in [5.41, 5.74) is 2.03. The van der Waals surface area contributed by atoms with Crippen molar-refractivity contribution in [3.8, 4) is 11.6 Å². The topological polar surface area (TPSA) is 55.3 Å². The molecule has 1 fully saturated rings. The number of nitrogens with zero attached hydrogens (tertiary/aromatic N) is 3. The molecule has 2 heterocycles. The number of hydrogen-bond donors (Lipinski definition) is 0. The number of ether oxygens (including phenoxy) is 1. The first-order valence-electron chi connectivity index (χ1n) is 7.94. The van der Waals surface area contributed by atoms with E-state index in [9.17, 15) is 4.79 Å². The van der Waals surface area contributed by atoms with Gasteiger partial charge in [-0.15, -0.1) is 0 Å². The Hall–Kier alpha value is -2.43. The molecule has 0 bridgehead atoms. The number of likely N-dealkylation sites (tertiary alicyclic amines) is 1. The summed E-state index contributed by atoms with van der Waals surface area (Å²) in [7, 11) is 0. The largest absolute Gasteiger partial charge is 0.437 e. The molecular weight excluding hydrogens is 290 g/mol. The molecule has 0 radical (unpaired) electrons. The van der Waals surface area contributed by atoms with E-state index >= 15 is 0 Å². The van der Waals surface area contributed by atoms with Gasteiger partial charge in [-0.1, -0.05) is 12.1 Å². The molecule has 23 heavy (non-hydrogen) atoms. The summed E-state index contributed by atoms with van der Waals surface area (Å²) in [6, 6.07) is 7.90. The van der Waals surface area contributed by atoms with Gasteiger partial charge in [0.05, 0.1) is 0 Å². The Morgan fingerprint density at radius 3 is 2.65 bits per heavy atom. The third-order valence-corrected chi connectivity index (χ3v) is 4.22. The second-order valence-corrected chi connectivity index (χ2v) is 5.95. The molecule has 0 spiro atoms. The molecule has 120 valence electrons. The van der Waals surface area contributed by atoms with Crippen molar-refractivity contribution in [3.05, 3.63) is 47.9 Å². The minimum Gasteiger partial charge on any atom is -0.437 e. The summed E-state index contributed by atoms with van der Waals surface area (Å²) >= 11 is 0. The van der Waals surface area contributed by atoms with Gasteiger partial charge < -0.3 is 9.64 Å². The number of benzene rings is 1. The molecule has 2 aromatic rings. The maximum atomic E-state index is 11.5. The van der Waals surface area contributed by atoms with Crippen molar-refractivity contribution >= 4 is 5.91 Å². The zero-order chi connectivity index (χ0) is 16.2. The summed E-state index contributed by atoms with van der Waals surface area (Å²) in [4.78, 5) is 22.2. The van der Waals surface area contributed by atoms with Gasteiger partial charge in [0, 0.05) is 38.3 Å². The van der Waals surface area contributed by atoms with Gasteiger partial charge in [-0.05, 0) is 37.5 Å². The van der Waals surface area contributed by atoms with E-state index in [2.05, 4.69) is 9.97 Å². The highest BCUT2D eigenvalue weighted by Crippen LogP contribution is 2.33. The summed E-state index contributed by atoms with van der Waals surface area (Å²) in [6.45, 7) is 5.18. The van der Waals surface area contributed by atoms with Crippen LogP contribution in [0.3, 0.4) is 0 Å². The summed E-state index contributed by atoms with van der Waals surface area (Å²) in [6.07, 6.45) is 5.14. The average Bonchev–Trinajstić information content (AvgIpc) is 2.55. The molecule has 1 aliphatic heterocycles. The van der Waals surface area contributed by atoms with Crippen LogP contribution in [-0.4, -0.2) is 33.9 Å². The average molecular weight is 311 g/mol. The van der Waals surface area contributed by atoms with Crippen LogP contribution >= 0.6 is 0 Å². The highest BCUT2D eigenvalue weighted by atomic mass is 16.5. The second-order valence-electron chi connectivity index (χ2n) is 5.95. The molecule has 0 aliphatic carbocycles. The molecule has 3 rings (SSSR count). The molecule has 0 atom stereocenters. The van der Waals surface area contributed by atoms with E-state index in [1.807, 2.05) is 36.1 Å². The number of rotatable bonds is 3. The SMILES string of the molecule is CC(=O)N1CCC(c2nccnc2Oc2cccc(C)c2)CC1. The number of piperidine rings is 1. The van der Waals surface area contributed by atoms with E-state index in [0.717, 1.165) is 42.9 Å². The van der Waals surface area contributed by atoms with Crippen LogP contribution in [0.1, 0.15) is 36.9 Å². The van der Waals surface area contributed by atoms with Crippen LogP contribution in [0, 0.1) is 6.92 Å². The molecule has 0 N–H and O–H groups in total. The van der Waals surface area contributed by atoms with E-state index in [0.29, 0.717) is 5.88 Å². The van der Waals surface area contributed by atoms with Crippen molar-refractivity contribution in [1.29, 1.82) is 0 Å². The monoisotopic (exact) mass is 311 g/mol. The van der Waals surface area contributed by atoms with E-state index in [-0.39, 0.29) is 11.8 Å². The highest BCUT2D eigenvalue weighted by Gasteiger charge is 2.26. The van der Waals surface area contributed by atoms with Crippen LogP contribution < -0.4 is 4.74 Å². The number of carbonyl (C=O) groups is 1. The molecule has 1 aromatic heterocycles. The maximum absolute atomic E-state index is 11.5. The highest BCUT2D eigenvalue weighted by molar-refractivity contribution is 5.73. The van der Waals surface area contributed by atoms with E-state index in [1.54, 1.807) is 19.3 Å². The Morgan fingerprint density at radius 2 is 1.96 bits per heavy atom. The number of hydrogen-bond acceptors (Lipinski definition) is 4. The Morgan fingerprint density at radius 1 is 1.22 bits per heavy atom. The molecule has 1 amide bonds. The van der Waals surface area contributed by atoms with Crippen LogP contribution in [-0.2, 0) is 4.79 Å². The summed E-state index contributed by atoms with van der Waals surface area (Å²) < 4.78 is 5.96. The Kier molecular flexibility index (Phi) is 4.55.